The van der Waals surface area contributed by atoms with Crippen molar-refractivity contribution in [3.8, 4) is 0 Å². The van der Waals surface area contributed by atoms with Crippen molar-refractivity contribution in [2.75, 3.05) is 6.54 Å². The minimum atomic E-state index is -4.23. The van der Waals surface area contributed by atoms with Crippen LogP contribution in [0.25, 0.3) is 0 Å². The van der Waals surface area contributed by atoms with E-state index in [1.165, 1.54) is 6.08 Å². The first-order valence-electron chi connectivity index (χ1n) is 3.69. The van der Waals surface area contributed by atoms with Crippen molar-refractivity contribution in [1.82, 2.24) is 0 Å². The quantitative estimate of drug-likeness (QED) is 0.651. The third-order valence-corrected chi connectivity index (χ3v) is 1.88. The van der Waals surface area contributed by atoms with Gasteiger partial charge in [-0.05, 0) is 13.0 Å². The molecule has 0 saturated heterocycles. The van der Waals surface area contributed by atoms with Crippen LogP contribution in [0.1, 0.15) is 6.42 Å². The zero-order valence-corrected chi connectivity index (χ0v) is 6.43. The number of halogens is 3. The van der Waals surface area contributed by atoms with Crippen molar-refractivity contribution in [1.29, 1.82) is 0 Å². The van der Waals surface area contributed by atoms with Gasteiger partial charge in [0.05, 0.1) is 0 Å². The van der Waals surface area contributed by atoms with Crippen LogP contribution in [0.3, 0.4) is 0 Å². The fraction of sp³-hybridized carbons (Fsp3) is 0.500. The molecule has 2 N–H and O–H groups in total. The van der Waals surface area contributed by atoms with Crippen molar-refractivity contribution in [2.45, 2.75) is 12.6 Å². The summed E-state index contributed by atoms with van der Waals surface area (Å²) in [6, 6.07) is 0. The Morgan fingerprint density at radius 2 is 2.17 bits per heavy atom. The highest BCUT2D eigenvalue weighted by molar-refractivity contribution is 5.24. The fourth-order valence-electron chi connectivity index (χ4n) is 1.23. The molecule has 0 bridgehead atoms. The monoisotopic (exact) mass is 177 g/mol. The molecule has 1 rings (SSSR count). The summed E-state index contributed by atoms with van der Waals surface area (Å²) >= 11 is 0. The van der Waals surface area contributed by atoms with E-state index in [2.05, 4.69) is 0 Å². The third kappa shape index (κ3) is 1.88. The minimum absolute atomic E-state index is 0.0513. The topological polar surface area (TPSA) is 26.0 Å². The molecule has 1 nitrogen and oxygen atoms in total. The Balaban J connectivity index is 2.84. The Labute approximate surface area is 68.7 Å². The van der Waals surface area contributed by atoms with Gasteiger partial charge < -0.3 is 5.73 Å². The van der Waals surface area contributed by atoms with Crippen molar-refractivity contribution in [3.63, 3.8) is 0 Å². The molecule has 1 atom stereocenters. The van der Waals surface area contributed by atoms with E-state index < -0.39 is 17.7 Å². The van der Waals surface area contributed by atoms with Crippen LogP contribution in [0.15, 0.2) is 23.8 Å². The smallest absolute Gasteiger partial charge is 0.330 e. The third-order valence-electron chi connectivity index (χ3n) is 1.88. The molecular weight excluding hydrogens is 167 g/mol. The molecule has 0 spiro atoms. The molecule has 0 aromatic rings. The fourth-order valence-corrected chi connectivity index (χ4v) is 1.23. The molecule has 0 fully saturated rings. The Hall–Kier alpha value is -0.770. The van der Waals surface area contributed by atoms with Gasteiger partial charge in [-0.15, -0.1) is 0 Å². The lowest BCUT2D eigenvalue weighted by Crippen LogP contribution is -2.26. The Bertz CT molecular complexity index is 215. The largest absolute Gasteiger partial charge is 0.413 e. The van der Waals surface area contributed by atoms with Gasteiger partial charge in [0.1, 0.15) is 0 Å². The molecule has 1 aliphatic carbocycles. The van der Waals surface area contributed by atoms with Crippen LogP contribution in [0.2, 0.25) is 0 Å². The van der Waals surface area contributed by atoms with Gasteiger partial charge in [-0.3, -0.25) is 0 Å². The second-order valence-corrected chi connectivity index (χ2v) is 2.72. The summed E-state index contributed by atoms with van der Waals surface area (Å²) in [5.41, 5.74) is 4.71. The number of rotatable bonds is 1. The van der Waals surface area contributed by atoms with E-state index in [0.717, 1.165) is 6.08 Å². The van der Waals surface area contributed by atoms with Crippen LogP contribution >= 0.6 is 0 Å². The Morgan fingerprint density at radius 3 is 2.58 bits per heavy atom. The van der Waals surface area contributed by atoms with E-state index in [4.69, 9.17) is 5.73 Å². The number of alkyl halides is 3. The molecule has 12 heavy (non-hydrogen) atoms. The molecule has 68 valence electrons. The average molecular weight is 177 g/mol. The van der Waals surface area contributed by atoms with E-state index in [1.807, 2.05) is 0 Å². The number of allylic oxidation sites excluding steroid dienone is 3. The molecule has 0 amide bonds. The lowest BCUT2D eigenvalue weighted by molar-refractivity contribution is -0.0988. The number of nitrogens with two attached hydrogens (primary N) is 1. The lowest BCUT2D eigenvalue weighted by atomic mass is 9.91. The second kappa shape index (κ2) is 3.31. The van der Waals surface area contributed by atoms with Gasteiger partial charge in [0.2, 0.25) is 0 Å². The summed E-state index contributed by atoms with van der Waals surface area (Å²) in [6.45, 7) is 0.0513. The van der Waals surface area contributed by atoms with E-state index in [-0.39, 0.29) is 6.54 Å². The van der Waals surface area contributed by atoms with E-state index in [9.17, 15) is 13.2 Å². The summed E-state index contributed by atoms with van der Waals surface area (Å²) in [5, 5.41) is 0. The van der Waals surface area contributed by atoms with Crippen molar-refractivity contribution in [3.05, 3.63) is 23.8 Å². The Kier molecular flexibility index (Phi) is 2.57. The highest BCUT2D eigenvalue weighted by atomic mass is 19.4. The molecule has 0 aromatic carbocycles. The van der Waals surface area contributed by atoms with Gasteiger partial charge in [-0.2, -0.15) is 13.2 Å². The first-order valence-corrected chi connectivity index (χ1v) is 3.69. The van der Waals surface area contributed by atoms with Crippen LogP contribution in [0.4, 0.5) is 13.2 Å². The van der Waals surface area contributed by atoms with Crippen LogP contribution in [-0.4, -0.2) is 12.7 Å². The van der Waals surface area contributed by atoms with Gasteiger partial charge in [-0.25, -0.2) is 0 Å². The number of hydrogen-bond donors (Lipinski definition) is 1. The van der Waals surface area contributed by atoms with E-state index in [1.54, 1.807) is 6.08 Å². The van der Waals surface area contributed by atoms with Crippen molar-refractivity contribution in [2.24, 2.45) is 11.7 Å². The molecule has 4 heteroatoms. The minimum Gasteiger partial charge on any atom is -0.330 e. The standard InChI is InChI=1S/C8H10F3N/c9-8(10,11)7-4-2-1-3-6(7)5-12/h1-2,4,6H,3,5,12H2/t6-/m1/s1. The summed E-state index contributed by atoms with van der Waals surface area (Å²) in [4.78, 5) is 0. The summed E-state index contributed by atoms with van der Waals surface area (Å²) < 4.78 is 36.7. The van der Waals surface area contributed by atoms with Crippen LogP contribution in [-0.2, 0) is 0 Å². The van der Waals surface area contributed by atoms with Gasteiger partial charge in [0, 0.05) is 11.5 Å². The Morgan fingerprint density at radius 1 is 1.50 bits per heavy atom. The van der Waals surface area contributed by atoms with Crippen LogP contribution in [0, 0.1) is 5.92 Å². The predicted molar refractivity (Wildman–Crippen MR) is 40.4 cm³/mol. The first kappa shape index (κ1) is 9.32. The molecular formula is C8H10F3N. The molecule has 0 aliphatic heterocycles. The molecule has 0 aromatic heterocycles. The zero-order chi connectivity index (χ0) is 9.19. The normalized spacial score (nSPS) is 24.0. The summed E-state index contributed by atoms with van der Waals surface area (Å²) in [7, 11) is 0. The maximum atomic E-state index is 12.2. The predicted octanol–water partition coefficient (Wildman–Crippen LogP) is 2.01. The molecule has 0 heterocycles. The highest BCUT2D eigenvalue weighted by Crippen LogP contribution is 2.34. The average Bonchev–Trinajstić information content (AvgIpc) is 2.03. The highest BCUT2D eigenvalue weighted by Gasteiger charge is 2.37. The zero-order valence-electron chi connectivity index (χ0n) is 6.43. The van der Waals surface area contributed by atoms with Gasteiger partial charge in [-0.1, -0.05) is 18.2 Å². The number of hydrogen-bond acceptors (Lipinski definition) is 1. The molecule has 0 unspecified atom stereocenters. The first-order chi connectivity index (χ1) is 5.55. The van der Waals surface area contributed by atoms with Gasteiger partial charge >= 0.3 is 6.18 Å². The van der Waals surface area contributed by atoms with Gasteiger partial charge in [0.25, 0.3) is 0 Å². The SMILES string of the molecule is NC[C@H]1CC=CC=C1C(F)(F)F. The maximum Gasteiger partial charge on any atom is 0.413 e. The van der Waals surface area contributed by atoms with Crippen molar-refractivity contribution < 1.29 is 13.2 Å². The molecule has 1 aliphatic rings. The molecule has 0 saturated carbocycles. The summed E-state index contributed by atoms with van der Waals surface area (Å²) in [5.74, 6) is -0.560. The summed E-state index contributed by atoms with van der Waals surface area (Å²) in [6.07, 6.45) is 0.388. The molecule has 0 radical (unpaired) electrons. The van der Waals surface area contributed by atoms with Crippen LogP contribution in [0.5, 0.6) is 0 Å². The van der Waals surface area contributed by atoms with Crippen molar-refractivity contribution >= 4 is 0 Å². The lowest BCUT2D eigenvalue weighted by Gasteiger charge is -2.21. The second-order valence-electron chi connectivity index (χ2n) is 2.72. The maximum absolute atomic E-state index is 12.2. The van der Waals surface area contributed by atoms with E-state index in [0.29, 0.717) is 6.42 Å². The van der Waals surface area contributed by atoms with Gasteiger partial charge in [0.15, 0.2) is 0 Å². The van der Waals surface area contributed by atoms with Crippen LogP contribution < -0.4 is 5.73 Å². The van der Waals surface area contributed by atoms with E-state index >= 15 is 0 Å².